The van der Waals surface area contributed by atoms with E-state index in [4.69, 9.17) is 10.3 Å². The summed E-state index contributed by atoms with van der Waals surface area (Å²) in [6.45, 7) is 2.05. The molecule has 2 heterocycles. The number of benzene rings is 1. The normalized spacial score (nSPS) is 22.9. The first-order valence-electron chi connectivity index (χ1n) is 6.08. The lowest BCUT2D eigenvalue weighted by Gasteiger charge is -2.07. The molecule has 0 spiro atoms. The van der Waals surface area contributed by atoms with E-state index in [0.717, 1.165) is 21.5 Å². The zero-order valence-electron chi connectivity index (χ0n) is 10.5. The Hall–Kier alpha value is -0.850. The van der Waals surface area contributed by atoms with Gasteiger partial charge in [0.15, 0.2) is 0 Å². The van der Waals surface area contributed by atoms with Crippen LogP contribution in [0, 0.1) is 6.92 Å². The zero-order valence-corrected chi connectivity index (χ0v) is 12.9. The summed E-state index contributed by atoms with van der Waals surface area (Å²) in [6.07, 6.45) is 0. The fraction of sp³-hybridized carbons (Fsp3) is 0.385. The van der Waals surface area contributed by atoms with Crippen LogP contribution in [0.3, 0.4) is 0 Å². The minimum Gasteiger partial charge on any atom is -0.339 e. The molecule has 0 radical (unpaired) electrons. The minimum atomic E-state index is 0.114. The Morgan fingerprint density at radius 3 is 2.95 bits per heavy atom. The molecule has 3 rings (SSSR count). The minimum absolute atomic E-state index is 0.114. The number of nitrogens with two attached hydrogens (primary N) is 1. The first-order valence-corrected chi connectivity index (χ1v) is 8.03. The van der Waals surface area contributed by atoms with Gasteiger partial charge < -0.3 is 10.3 Å². The van der Waals surface area contributed by atoms with Crippen LogP contribution in [0.5, 0.6) is 0 Å². The molecule has 0 amide bonds. The molecule has 19 heavy (non-hydrogen) atoms. The first kappa shape index (κ1) is 13.1. The Balaban J connectivity index is 1.90. The van der Waals surface area contributed by atoms with Crippen LogP contribution in [0.2, 0.25) is 0 Å². The molecule has 0 bridgehead atoms. The third kappa shape index (κ3) is 2.57. The number of hydrogen-bond donors (Lipinski definition) is 1. The van der Waals surface area contributed by atoms with Gasteiger partial charge in [0.25, 0.3) is 0 Å². The molecule has 6 heteroatoms. The summed E-state index contributed by atoms with van der Waals surface area (Å²) in [5.74, 6) is 3.38. The van der Waals surface area contributed by atoms with Crippen molar-refractivity contribution in [2.75, 3.05) is 11.5 Å². The summed E-state index contributed by atoms with van der Waals surface area (Å²) in [5.41, 5.74) is 8.18. The summed E-state index contributed by atoms with van der Waals surface area (Å²) >= 11 is 5.35. The van der Waals surface area contributed by atoms with Crippen LogP contribution in [0.25, 0.3) is 11.4 Å². The highest BCUT2D eigenvalue weighted by molar-refractivity contribution is 9.10. The zero-order chi connectivity index (χ0) is 13.4. The number of nitrogens with zero attached hydrogens (tertiary/aromatic N) is 2. The van der Waals surface area contributed by atoms with E-state index in [-0.39, 0.29) is 12.0 Å². The van der Waals surface area contributed by atoms with Crippen molar-refractivity contribution in [2.45, 2.75) is 18.9 Å². The average molecular weight is 340 g/mol. The molecule has 2 unspecified atom stereocenters. The summed E-state index contributed by atoms with van der Waals surface area (Å²) < 4.78 is 6.42. The van der Waals surface area contributed by atoms with Gasteiger partial charge in [-0.15, -0.1) is 0 Å². The van der Waals surface area contributed by atoms with Crippen molar-refractivity contribution in [2.24, 2.45) is 5.73 Å². The van der Waals surface area contributed by atoms with Crippen molar-refractivity contribution in [3.63, 3.8) is 0 Å². The van der Waals surface area contributed by atoms with Gasteiger partial charge in [-0.2, -0.15) is 16.7 Å². The van der Waals surface area contributed by atoms with Gasteiger partial charge in [0.2, 0.25) is 11.7 Å². The Morgan fingerprint density at radius 1 is 1.42 bits per heavy atom. The number of aryl methyl sites for hydroxylation is 1. The molecule has 2 atom stereocenters. The summed E-state index contributed by atoms with van der Waals surface area (Å²) in [5, 5.41) is 4.06. The second-order valence-corrected chi connectivity index (χ2v) is 6.66. The maximum Gasteiger partial charge on any atom is 0.232 e. The Labute approximate surface area is 124 Å². The number of aromatic nitrogens is 2. The molecule has 100 valence electrons. The lowest BCUT2D eigenvalue weighted by atomic mass is 10.1. The molecule has 1 aliphatic rings. The molecule has 0 saturated carbocycles. The second kappa shape index (κ2) is 5.26. The summed E-state index contributed by atoms with van der Waals surface area (Å²) in [4.78, 5) is 4.49. The van der Waals surface area contributed by atoms with Crippen LogP contribution in [0.15, 0.2) is 27.2 Å². The monoisotopic (exact) mass is 339 g/mol. The molecule has 4 nitrogen and oxygen atoms in total. The van der Waals surface area contributed by atoms with Gasteiger partial charge in [0, 0.05) is 27.6 Å². The van der Waals surface area contributed by atoms with Crippen LogP contribution < -0.4 is 5.73 Å². The summed E-state index contributed by atoms with van der Waals surface area (Å²) in [7, 11) is 0. The third-order valence-corrected chi connectivity index (χ3v) is 5.38. The largest absolute Gasteiger partial charge is 0.339 e. The van der Waals surface area contributed by atoms with E-state index in [2.05, 4.69) is 26.1 Å². The first-order chi connectivity index (χ1) is 9.15. The van der Waals surface area contributed by atoms with Gasteiger partial charge in [-0.3, -0.25) is 0 Å². The van der Waals surface area contributed by atoms with Crippen molar-refractivity contribution >= 4 is 27.7 Å². The van der Waals surface area contributed by atoms with Gasteiger partial charge >= 0.3 is 0 Å². The topological polar surface area (TPSA) is 64.9 Å². The Kier molecular flexibility index (Phi) is 3.64. The van der Waals surface area contributed by atoms with E-state index < -0.39 is 0 Å². The quantitative estimate of drug-likeness (QED) is 0.911. The van der Waals surface area contributed by atoms with Gasteiger partial charge in [-0.05, 0) is 18.6 Å². The van der Waals surface area contributed by atoms with Crippen molar-refractivity contribution < 1.29 is 4.52 Å². The lowest BCUT2D eigenvalue weighted by molar-refractivity contribution is 0.352. The molecule has 1 aromatic heterocycles. The Morgan fingerprint density at radius 2 is 2.26 bits per heavy atom. The molecule has 0 aliphatic carbocycles. The van der Waals surface area contributed by atoms with Crippen molar-refractivity contribution in [3.8, 4) is 11.4 Å². The maximum atomic E-state index is 6.05. The molecule has 1 fully saturated rings. The van der Waals surface area contributed by atoms with Gasteiger partial charge in [-0.1, -0.05) is 33.2 Å². The fourth-order valence-corrected chi connectivity index (χ4v) is 3.72. The number of thioether (sulfide) groups is 1. The van der Waals surface area contributed by atoms with E-state index in [1.807, 2.05) is 36.9 Å². The van der Waals surface area contributed by atoms with Crippen molar-refractivity contribution in [1.82, 2.24) is 10.1 Å². The van der Waals surface area contributed by atoms with Gasteiger partial charge in [0.1, 0.15) is 0 Å². The fourth-order valence-electron chi connectivity index (χ4n) is 2.06. The second-order valence-electron chi connectivity index (χ2n) is 4.73. The molecule has 1 aromatic carbocycles. The maximum absolute atomic E-state index is 6.05. The third-order valence-electron chi connectivity index (χ3n) is 3.31. The number of rotatable bonds is 2. The molecular formula is C13H14BrN3OS. The van der Waals surface area contributed by atoms with E-state index in [9.17, 15) is 0 Å². The SMILES string of the molecule is Cc1ccc(-c2noc(C3CSCC3N)n2)cc1Br. The van der Waals surface area contributed by atoms with Crippen LogP contribution in [0.4, 0.5) is 0 Å². The average Bonchev–Trinajstić information content (AvgIpc) is 3.01. The predicted molar refractivity (Wildman–Crippen MR) is 80.2 cm³/mol. The molecule has 1 saturated heterocycles. The van der Waals surface area contributed by atoms with Gasteiger partial charge in [-0.25, -0.2) is 0 Å². The van der Waals surface area contributed by atoms with E-state index in [1.165, 1.54) is 5.56 Å². The highest BCUT2D eigenvalue weighted by Gasteiger charge is 2.31. The molecular weight excluding hydrogens is 326 g/mol. The number of halogens is 1. The van der Waals surface area contributed by atoms with E-state index in [1.54, 1.807) is 0 Å². The predicted octanol–water partition coefficient (Wildman–Crippen LogP) is 2.97. The highest BCUT2D eigenvalue weighted by Crippen LogP contribution is 2.32. The molecule has 2 aromatic rings. The highest BCUT2D eigenvalue weighted by atomic mass is 79.9. The molecule has 1 aliphatic heterocycles. The van der Waals surface area contributed by atoms with Crippen LogP contribution in [0.1, 0.15) is 17.4 Å². The van der Waals surface area contributed by atoms with E-state index >= 15 is 0 Å². The standard InChI is InChI=1S/C13H14BrN3OS/c1-7-2-3-8(4-10(7)14)12-16-13(18-17-12)9-5-19-6-11(9)15/h2-4,9,11H,5-6,15H2,1H3. The van der Waals surface area contributed by atoms with Crippen LogP contribution in [-0.4, -0.2) is 27.7 Å². The van der Waals surface area contributed by atoms with Crippen LogP contribution >= 0.6 is 27.7 Å². The van der Waals surface area contributed by atoms with Crippen LogP contribution in [-0.2, 0) is 0 Å². The number of hydrogen-bond acceptors (Lipinski definition) is 5. The van der Waals surface area contributed by atoms with Gasteiger partial charge in [0.05, 0.1) is 5.92 Å². The smallest absolute Gasteiger partial charge is 0.232 e. The van der Waals surface area contributed by atoms with Crippen molar-refractivity contribution in [1.29, 1.82) is 0 Å². The lowest BCUT2D eigenvalue weighted by Crippen LogP contribution is -2.26. The summed E-state index contributed by atoms with van der Waals surface area (Å²) in [6, 6.07) is 6.15. The molecule has 2 N–H and O–H groups in total. The van der Waals surface area contributed by atoms with E-state index in [0.29, 0.717) is 11.7 Å². The Bertz CT molecular complexity index is 601. The van der Waals surface area contributed by atoms with Crippen molar-refractivity contribution in [3.05, 3.63) is 34.1 Å².